The molecule has 2 rings (SSSR count). The Labute approximate surface area is 90.5 Å². The molecule has 1 aliphatic heterocycles. The van der Waals surface area contributed by atoms with Crippen LogP contribution in [0.2, 0.25) is 0 Å². The third kappa shape index (κ3) is 2.46. The van der Waals surface area contributed by atoms with Gasteiger partial charge in [0.1, 0.15) is 5.82 Å². The van der Waals surface area contributed by atoms with E-state index in [-0.39, 0.29) is 0 Å². The second-order valence-corrected chi connectivity index (χ2v) is 4.13. The molecule has 1 aliphatic rings. The van der Waals surface area contributed by atoms with Crippen molar-refractivity contribution in [2.45, 2.75) is 25.9 Å². The van der Waals surface area contributed by atoms with Crippen LogP contribution in [0.1, 0.15) is 13.8 Å². The molecule has 0 bridgehead atoms. The number of anilines is 1. The first-order chi connectivity index (χ1) is 7.27. The summed E-state index contributed by atoms with van der Waals surface area (Å²) >= 11 is 0. The van der Waals surface area contributed by atoms with Crippen LogP contribution in [-0.2, 0) is 0 Å². The monoisotopic (exact) mass is 206 g/mol. The van der Waals surface area contributed by atoms with Crippen molar-refractivity contribution in [3.63, 3.8) is 0 Å². The zero-order valence-electron chi connectivity index (χ0n) is 9.20. The van der Waals surface area contributed by atoms with Gasteiger partial charge in [0, 0.05) is 30.7 Å². The van der Waals surface area contributed by atoms with E-state index < -0.39 is 0 Å². The van der Waals surface area contributed by atoms with Crippen LogP contribution in [0.5, 0.6) is 0 Å². The lowest BCUT2D eigenvalue weighted by atomic mass is 9.97. The molecule has 4 heteroatoms. The maximum Gasteiger partial charge on any atom is 0.125 e. The van der Waals surface area contributed by atoms with Gasteiger partial charge in [-0.2, -0.15) is 0 Å². The summed E-state index contributed by atoms with van der Waals surface area (Å²) in [4.78, 5) is 4.24. The second-order valence-electron chi connectivity index (χ2n) is 4.13. The van der Waals surface area contributed by atoms with Crippen LogP contribution in [0.3, 0.4) is 0 Å². The van der Waals surface area contributed by atoms with Crippen LogP contribution in [0, 0.1) is 5.92 Å². The summed E-state index contributed by atoms with van der Waals surface area (Å²) in [5.41, 5.74) is 6.49. The lowest BCUT2D eigenvalue weighted by Crippen LogP contribution is -2.30. The fourth-order valence-corrected chi connectivity index (χ4v) is 1.95. The van der Waals surface area contributed by atoms with Crippen LogP contribution >= 0.6 is 0 Å². The van der Waals surface area contributed by atoms with Gasteiger partial charge in [-0.25, -0.2) is 4.98 Å². The summed E-state index contributed by atoms with van der Waals surface area (Å²) in [6, 6.07) is 6.90. The van der Waals surface area contributed by atoms with Crippen LogP contribution in [0.15, 0.2) is 24.4 Å². The molecule has 0 radical (unpaired) electrons. The van der Waals surface area contributed by atoms with Gasteiger partial charge in [0.25, 0.3) is 0 Å². The average molecular weight is 206 g/mol. The number of pyridine rings is 1. The van der Waals surface area contributed by atoms with Gasteiger partial charge in [-0.3, -0.25) is 10.9 Å². The number of hydrazine groups is 1. The second kappa shape index (κ2) is 4.59. The highest BCUT2D eigenvalue weighted by Gasteiger charge is 2.29. The molecule has 0 saturated carbocycles. The minimum Gasteiger partial charge on any atom is -0.370 e. The fraction of sp³-hybridized carbons (Fsp3) is 0.545. The first-order valence-corrected chi connectivity index (χ1v) is 5.43. The summed E-state index contributed by atoms with van der Waals surface area (Å²) < 4.78 is 0. The molecule has 15 heavy (non-hydrogen) atoms. The van der Waals surface area contributed by atoms with Crippen molar-refractivity contribution in [1.29, 1.82) is 0 Å². The van der Waals surface area contributed by atoms with Crippen LogP contribution in [-0.4, -0.2) is 23.6 Å². The third-order valence-corrected chi connectivity index (χ3v) is 3.01. The Hall–Kier alpha value is -1.13. The Morgan fingerprint density at radius 2 is 2.00 bits per heavy atom. The Kier molecular flexibility index (Phi) is 3.18. The standard InChI is InChI=1S/C11H18N4/c1-8-10(9(2)15-14-8)7-13-11-5-3-4-6-12-11/h3-6,8-10,14-15H,7H2,1-2H3,(H,12,13). The van der Waals surface area contributed by atoms with Gasteiger partial charge in [0.05, 0.1) is 0 Å². The van der Waals surface area contributed by atoms with E-state index in [4.69, 9.17) is 0 Å². The van der Waals surface area contributed by atoms with Crippen molar-refractivity contribution in [3.05, 3.63) is 24.4 Å². The minimum absolute atomic E-state index is 0.496. The Morgan fingerprint density at radius 1 is 1.27 bits per heavy atom. The molecule has 1 aromatic rings. The summed E-state index contributed by atoms with van der Waals surface area (Å²) in [5, 5.41) is 3.36. The zero-order chi connectivity index (χ0) is 10.7. The highest BCUT2D eigenvalue weighted by atomic mass is 15.4. The van der Waals surface area contributed by atoms with Crippen molar-refractivity contribution in [2.75, 3.05) is 11.9 Å². The average Bonchev–Trinajstić information content (AvgIpc) is 2.58. The van der Waals surface area contributed by atoms with E-state index in [1.807, 2.05) is 18.2 Å². The summed E-state index contributed by atoms with van der Waals surface area (Å²) in [6.45, 7) is 5.34. The fourth-order valence-electron chi connectivity index (χ4n) is 1.95. The number of rotatable bonds is 3. The molecule has 2 heterocycles. The topological polar surface area (TPSA) is 49.0 Å². The molecular weight excluding hydrogens is 188 g/mol. The zero-order valence-corrected chi connectivity index (χ0v) is 9.20. The highest BCUT2D eigenvalue weighted by Crippen LogP contribution is 2.14. The van der Waals surface area contributed by atoms with Gasteiger partial charge in [0.2, 0.25) is 0 Å². The van der Waals surface area contributed by atoms with E-state index in [2.05, 4.69) is 35.0 Å². The van der Waals surface area contributed by atoms with Crippen LogP contribution in [0.4, 0.5) is 5.82 Å². The Morgan fingerprint density at radius 3 is 2.60 bits per heavy atom. The minimum atomic E-state index is 0.496. The Balaban J connectivity index is 1.88. The van der Waals surface area contributed by atoms with E-state index in [9.17, 15) is 0 Å². The maximum atomic E-state index is 4.24. The molecule has 82 valence electrons. The van der Waals surface area contributed by atoms with Crippen molar-refractivity contribution in [2.24, 2.45) is 5.92 Å². The molecule has 2 atom stereocenters. The molecule has 0 spiro atoms. The van der Waals surface area contributed by atoms with Gasteiger partial charge in [0.15, 0.2) is 0 Å². The van der Waals surface area contributed by atoms with Crippen molar-refractivity contribution < 1.29 is 0 Å². The first-order valence-electron chi connectivity index (χ1n) is 5.43. The van der Waals surface area contributed by atoms with Crippen molar-refractivity contribution in [1.82, 2.24) is 15.8 Å². The number of nitrogens with one attached hydrogen (secondary N) is 3. The van der Waals surface area contributed by atoms with Gasteiger partial charge in [-0.1, -0.05) is 6.07 Å². The molecule has 2 unspecified atom stereocenters. The molecular formula is C11H18N4. The number of hydrogen-bond acceptors (Lipinski definition) is 4. The van der Waals surface area contributed by atoms with E-state index in [0.717, 1.165) is 12.4 Å². The molecule has 0 aromatic carbocycles. The molecule has 1 aromatic heterocycles. The molecule has 0 aliphatic carbocycles. The normalized spacial score (nSPS) is 30.4. The third-order valence-electron chi connectivity index (χ3n) is 3.01. The number of hydrogen-bond donors (Lipinski definition) is 3. The van der Waals surface area contributed by atoms with E-state index in [1.54, 1.807) is 6.20 Å². The smallest absolute Gasteiger partial charge is 0.125 e. The molecule has 1 saturated heterocycles. The quantitative estimate of drug-likeness (QED) is 0.690. The number of nitrogens with zero attached hydrogens (tertiary/aromatic N) is 1. The molecule has 1 fully saturated rings. The van der Waals surface area contributed by atoms with Gasteiger partial charge >= 0.3 is 0 Å². The highest BCUT2D eigenvalue weighted by molar-refractivity contribution is 5.33. The summed E-state index contributed by atoms with van der Waals surface area (Å²) in [5.74, 6) is 1.54. The lowest BCUT2D eigenvalue weighted by Gasteiger charge is -2.18. The largest absolute Gasteiger partial charge is 0.370 e. The SMILES string of the molecule is CC1NNC(C)C1CNc1ccccn1. The Bertz CT molecular complexity index is 291. The molecule has 3 N–H and O–H groups in total. The summed E-state index contributed by atoms with van der Waals surface area (Å²) in [6.07, 6.45) is 1.81. The lowest BCUT2D eigenvalue weighted by molar-refractivity contribution is 0.466. The van der Waals surface area contributed by atoms with E-state index in [0.29, 0.717) is 18.0 Å². The van der Waals surface area contributed by atoms with E-state index >= 15 is 0 Å². The van der Waals surface area contributed by atoms with Crippen LogP contribution < -0.4 is 16.2 Å². The predicted octanol–water partition coefficient (Wildman–Crippen LogP) is 0.994. The van der Waals surface area contributed by atoms with Crippen LogP contribution in [0.25, 0.3) is 0 Å². The number of aromatic nitrogens is 1. The van der Waals surface area contributed by atoms with E-state index in [1.165, 1.54) is 0 Å². The van der Waals surface area contributed by atoms with Gasteiger partial charge in [-0.05, 0) is 26.0 Å². The van der Waals surface area contributed by atoms with Crippen molar-refractivity contribution in [3.8, 4) is 0 Å². The van der Waals surface area contributed by atoms with Crippen molar-refractivity contribution >= 4 is 5.82 Å². The van der Waals surface area contributed by atoms with Gasteiger partial charge in [-0.15, -0.1) is 0 Å². The molecule has 0 amide bonds. The summed E-state index contributed by atoms with van der Waals surface area (Å²) in [7, 11) is 0. The first kappa shape index (κ1) is 10.4. The maximum absolute atomic E-state index is 4.24. The van der Waals surface area contributed by atoms with Gasteiger partial charge < -0.3 is 5.32 Å². The molecule has 4 nitrogen and oxygen atoms in total. The predicted molar refractivity (Wildman–Crippen MR) is 61.4 cm³/mol.